The number of hydrogen-bond acceptors (Lipinski definition) is 3. The largest absolute Gasteiger partial charge is 0.308 e. The summed E-state index contributed by atoms with van der Waals surface area (Å²) in [6, 6.07) is 11.0. The molecule has 0 aliphatic rings. The van der Waals surface area contributed by atoms with E-state index in [4.69, 9.17) is 0 Å². The number of aryl methyl sites for hydroxylation is 1. The Morgan fingerprint density at radius 2 is 2.13 bits per heavy atom. The van der Waals surface area contributed by atoms with Crippen molar-refractivity contribution in [2.45, 2.75) is 39.4 Å². The number of rotatable bonds is 6. The van der Waals surface area contributed by atoms with Crippen molar-refractivity contribution >= 4 is 0 Å². The highest BCUT2D eigenvalue weighted by atomic mass is 15.3. The standard InChI is InChI=1S/C18H23N5/c1-13-6-4-7-16(10-13)18-17(12-20-22-18)11-19-14(2)15(3)23-9-5-8-21-23/h4-10,12,14-15,19H,11H2,1-3H3,(H,20,22)/t14-,15+/m1/s1. The lowest BCUT2D eigenvalue weighted by atomic mass is 10.1. The second-order valence-corrected chi connectivity index (χ2v) is 6.04. The topological polar surface area (TPSA) is 58.5 Å². The summed E-state index contributed by atoms with van der Waals surface area (Å²) in [5, 5.41) is 15.2. The van der Waals surface area contributed by atoms with Crippen LogP contribution in [0.25, 0.3) is 11.3 Å². The van der Waals surface area contributed by atoms with Crippen LogP contribution in [0, 0.1) is 6.92 Å². The average molecular weight is 309 g/mol. The Labute approximate surface area is 136 Å². The molecule has 0 radical (unpaired) electrons. The van der Waals surface area contributed by atoms with Gasteiger partial charge in [0.1, 0.15) is 0 Å². The van der Waals surface area contributed by atoms with Gasteiger partial charge in [-0.3, -0.25) is 9.78 Å². The number of nitrogens with zero attached hydrogens (tertiary/aromatic N) is 3. The maximum atomic E-state index is 4.32. The number of nitrogens with one attached hydrogen (secondary N) is 2. The van der Waals surface area contributed by atoms with Gasteiger partial charge in [-0.05, 0) is 32.9 Å². The van der Waals surface area contributed by atoms with Gasteiger partial charge >= 0.3 is 0 Å². The zero-order valence-corrected chi connectivity index (χ0v) is 13.8. The molecule has 3 aromatic rings. The quantitative estimate of drug-likeness (QED) is 0.734. The molecule has 5 heteroatoms. The molecule has 0 unspecified atom stereocenters. The van der Waals surface area contributed by atoms with E-state index < -0.39 is 0 Å². The van der Waals surface area contributed by atoms with E-state index in [-0.39, 0.29) is 0 Å². The van der Waals surface area contributed by atoms with E-state index in [2.05, 4.69) is 65.6 Å². The van der Waals surface area contributed by atoms with Crippen LogP contribution < -0.4 is 5.32 Å². The molecule has 3 rings (SSSR count). The highest BCUT2D eigenvalue weighted by Crippen LogP contribution is 2.22. The van der Waals surface area contributed by atoms with Crippen molar-refractivity contribution in [2.75, 3.05) is 0 Å². The van der Waals surface area contributed by atoms with Crippen LogP contribution in [0.2, 0.25) is 0 Å². The fraction of sp³-hybridized carbons (Fsp3) is 0.333. The molecule has 0 spiro atoms. The zero-order valence-electron chi connectivity index (χ0n) is 13.8. The molecule has 0 aliphatic heterocycles. The van der Waals surface area contributed by atoms with E-state index in [9.17, 15) is 0 Å². The molecular weight excluding hydrogens is 286 g/mol. The summed E-state index contributed by atoms with van der Waals surface area (Å²) in [6.45, 7) is 7.22. The number of aromatic nitrogens is 4. The van der Waals surface area contributed by atoms with Crippen molar-refractivity contribution in [1.29, 1.82) is 0 Å². The Balaban J connectivity index is 1.69. The maximum absolute atomic E-state index is 4.32. The van der Waals surface area contributed by atoms with Crippen LogP contribution in [-0.2, 0) is 6.54 Å². The Bertz CT molecular complexity index is 744. The van der Waals surface area contributed by atoms with Gasteiger partial charge in [0.05, 0.1) is 17.9 Å². The molecule has 0 saturated heterocycles. The van der Waals surface area contributed by atoms with Crippen molar-refractivity contribution < 1.29 is 0 Å². The van der Waals surface area contributed by atoms with Crippen LogP contribution >= 0.6 is 0 Å². The predicted molar refractivity (Wildman–Crippen MR) is 92.0 cm³/mol. The molecule has 2 aromatic heterocycles. The Morgan fingerprint density at radius 3 is 2.87 bits per heavy atom. The Kier molecular flexibility index (Phi) is 4.57. The summed E-state index contributed by atoms with van der Waals surface area (Å²) >= 11 is 0. The fourth-order valence-electron chi connectivity index (χ4n) is 2.69. The van der Waals surface area contributed by atoms with E-state index in [0.717, 1.165) is 12.2 Å². The van der Waals surface area contributed by atoms with Gasteiger partial charge < -0.3 is 5.32 Å². The number of benzene rings is 1. The lowest BCUT2D eigenvalue weighted by molar-refractivity contribution is 0.365. The van der Waals surface area contributed by atoms with Crippen LogP contribution in [0.1, 0.15) is 31.0 Å². The molecule has 0 bridgehead atoms. The number of hydrogen-bond donors (Lipinski definition) is 2. The van der Waals surface area contributed by atoms with E-state index in [1.54, 1.807) is 0 Å². The van der Waals surface area contributed by atoms with Gasteiger partial charge in [0, 0.05) is 36.1 Å². The first kappa shape index (κ1) is 15.5. The van der Waals surface area contributed by atoms with Crippen LogP contribution in [0.4, 0.5) is 0 Å². The molecule has 0 saturated carbocycles. The summed E-state index contributed by atoms with van der Waals surface area (Å²) in [5.41, 5.74) is 4.68. The molecule has 2 N–H and O–H groups in total. The van der Waals surface area contributed by atoms with Gasteiger partial charge in [0.2, 0.25) is 0 Å². The third-order valence-electron chi connectivity index (χ3n) is 4.30. The summed E-state index contributed by atoms with van der Waals surface area (Å²) in [6.07, 6.45) is 5.71. The van der Waals surface area contributed by atoms with E-state index >= 15 is 0 Å². The molecule has 2 atom stereocenters. The van der Waals surface area contributed by atoms with Crippen LogP contribution in [0.5, 0.6) is 0 Å². The monoisotopic (exact) mass is 309 g/mol. The van der Waals surface area contributed by atoms with Crippen molar-refractivity contribution in [3.05, 3.63) is 60.0 Å². The molecule has 120 valence electrons. The van der Waals surface area contributed by atoms with Crippen molar-refractivity contribution in [3.8, 4) is 11.3 Å². The third-order valence-corrected chi connectivity index (χ3v) is 4.30. The van der Waals surface area contributed by atoms with Gasteiger partial charge in [0.25, 0.3) is 0 Å². The summed E-state index contributed by atoms with van der Waals surface area (Å²) in [4.78, 5) is 0. The lowest BCUT2D eigenvalue weighted by Gasteiger charge is -2.21. The van der Waals surface area contributed by atoms with E-state index in [1.165, 1.54) is 16.7 Å². The third kappa shape index (κ3) is 3.51. The predicted octanol–water partition coefficient (Wildman–Crippen LogP) is 3.32. The molecule has 0 amide bonds. The zero-order chi connectivity index (χ0) is 16.2. The second kappa shape index (κ2) is 6.79. The summed E-state index contributed by atoms with van der Waals surface area (Å²) in [7, 11) is 0. The molecule has 0 aliphatic carbocycles. The van der Waals surface area contributed by atoms with E-state index in [1.807, 2.05) is 29.3 Å². The van der Waals surface area contributed by atoms with E-state index in [0.29, 0.717) is 12.1 Å². The van der Waals surface area contributed by atoms with Gasteiger partial charge in [-0.25, -0.2) is 0 Å². The van der Waals surface area contributed by atoms with Crippen LogP contribution in [0.3, 0.4) is 0 Å². The van der Waals surface area contributed by atoms with Crippen molar-refractivity contribution in [3.63, 3.8) is 0 Å². The number of H-pyrrole nitrogens is 1. The first-order chi connectivity index (χ1) is 11.1. The van der Waals surface area contributed by atoms with Gasteiger partial charge in [0.15, 0.2) is 0 Å². The molecule has 23 heavy (non-hydrogen) atoms. The molecule has 5 nitrogen and oxygen atoms in total. The normalized spacial score (nSPS) is 13.9. The van der Waals surface area contributed by atoms with Crippen LogP contribution in [-0.4, -0.2) is 26.0 Å². The van der Waals surface area contributed by atoms with Crippen molar-refractivity contribution in [2.24, 2.45) is 0 Å². The second-order valence-electron chi connectivity index (χ2n) is 6.04. The van der Waals surface area contributed by atoms with Crippen molar-refractivity contribution in [1.82, 2.24) is 25.3 Å². The minimum atomic E-state index is 0.291. The average Bonchev–Trinajstić information content (AvgIpc) is 3.23. The molecular formula is C18H23N5. The lowest BCUT2D eigenvalue weighted by Crippen LogP contribution is -2.33. The first-order valence-electron chi connectivity index (χ1n) is 7.97. The highest BCUT2D eigenvalue weighted by molar-refractivity contribution is 5.63. The van der Waals surface area contributed by atoms with Crippen LogP contribution in [0.15, 0.2) is 48.9 Å². The molecule has 2 heterocycles. The molecule has 0 fully saturated rings. The Morgan fingerprint density at radius 1 is 1.26 bits per heavy atom. The number of aromatic amines is 1. The summed E-state index contributed by atoms with van der Waals surface area (Å²) in [5.74, 6) is 0. The first-order valence-corrected chi connectivity index (χ1v) is 7.97. The van der Waals surface area contributed by atoms with Gasteiger partial charge in [-0.15, -0.1) is 0 Å². The Hall–Kier alpha value is -2.40. The molecule has 1 aromatic carbocycles. The van der Waals surface area contributed by atoms with Gasteiger partial charge in [-0.2, -0.15) is 10.2 Å². The van der Waals surface area contributed by atoms with Gasteiger partial charge in [-0.1, -0.05) is 23.8 Å². The highest BCUT2D eigenvalue weighted by Gasteiger charge is 2.15. The smallest absolute Gasteiger partial charge is 0.0695 e. The fourth-order valence-corrected chi connectivity index (χ4v) is 2.69. The minimum absolute atomic E-state index is 0.291. The SMILES string of the molecule is Cc1cccc(-c2[nH]ncc2CN[C@H](C)[C@H](C)n2cccn2)c1. The minimum Gasteiger partial charge on any atom is -0.308 e. The summed E-state index contributed by atoms with van der Waals surface area (Å²) < 4.78 is 1.98. The maximum Gasteiger partial charge on any atom is 0.0695 e.